The third-order valence-electron chi connectivity index (χ3n) is 4.46. The number of methoxy groups -OCH3 is 2. The molecular formula is C20H22N2O3S. The van der Waals surface area contributed by atoms with Crippen molar-refractivity contribution in [3.8, 4) is 5.75 Å². The molecule has 1 heterocycles. The highest BCUT2D eigenvalue weighted by atomic mass is 32.1. The number of nitrogens with one attached hydrogen (secondary N) is 2. The van der Waals surface area contributed by atoms with Crippen LogP contribution in [0.5, 0.6) is 5.75 Å². The number of carbonyl (C=O) groups excluding carboxylic acids is 1. The molecule has 0 saturated heterocycles. The fourth-order valence-electron chi connectivity index (χ4n) is 3.21. The molecule has 1 atom stereocenters. The van der Waals surface area contributed by atoms with E-state index in [2.05, 4.69) is 23.6 Å². The molecule has 3 rings (SSSR count). The van der Waals surface area contributed by atoms with E-state index in [0.29, 0.717) is 10.7 Å². The van der Waals surface area contributed by atoms with Crippen molar-refractivity contribution in [3.63, 3.8) is 0 Å². The van der Waals surface area contributed by atoms with Gasteiger partial charge in [-0.25, -0.2) is 4.79 Å². The number of allylic oxidation sites excluding steroid dienone is 1. The molecule has 2 aromatic carbocycles. The molecule has 0 unspecified atom stereocenters. The van der Waals surface area contributed by atoms with Crippen molar-refractivity contribution in [1.29, 1.82) is 0 Å². The Bertz CT molecular complexity index is 892. The van der Waals surface area contributed by atoms with Crippen molar-refractivity contribution in [2.75, 3.05) is 14.2 Å². The van der Waals surface area contributed by atoms with Gasteiger partial charge in [-0.15, -0.1) is 0 Å². The predicted octanol–water partition coefficient (Wildman–Crippen LogP) is 3.59. The number of benzene rings is 2. The lowest BCUT2D eigenvalue weighted by Gasteiger charge is -2.31. The maximum atomic E-state index is 12.5. The van der Waals surface area contributed by atoms with Crippen molar-refractivity contribution < 1.29 is 14.3 Å². The molecule has 26 heavy (non-hydrogen) atoms. The monoisotopic (exact) mass is 370 g/mol. The van der Waals surface area contributed by atoms with E-state index in [1.54, 1.807) is 7.11 Å². The number of esters is 1. The van der Waals surface area contributed by atoms with Gasteiger partial charge in [0.1, 0.15) is 5.75 Å². The predicted molar refractivity (Wildman–Crippen MR) is 106 cm³/mol. The van der Waals surface area contributed by atoms with Gasteiger partial charge in [0.25, 0.3) is 0 Å². The molecular weight excluding hydrogens is 348 g/mol. The van der Waals surface area contributed by atoms with Gasteiger partial charge in [-0.1, -0.05) is 31.5 Å². The van der Waals surface area contributed by atoms with Gasteiger partial charge in [0, 0.05) is 5.70 Å². The first kappa shape index (κ1) is 18.2. The summed E-state index contributed by atoms with van der Waals surface area (Å²) >= 11 is 5.35. The second-order valence-corrected chi connectivity index (χ2v) is 6.55. The van der Waals surface area contributed by atoms with Crippen LogP contribution in [-0.4, -0.2) is 25.3 Å². The van der Waals surface area contributed by atoms with Crippen LogP contribution >= 0.6 is 12.2 Å². The summed E-state index contributed by atoms with van der Waals surface area (Å²) in [5.74, 6) is 0.461. The fourth-order valence-corrected chi connectivity index (χ4v) is 3.46. The Morgan fingerprint density at radius 3 is 2.58 bits per heavy atom. The number of carbonyl (C=O) groups is 1. The molecule has 2 N–H and O–H groups in total. The van der Waals surface area contributed by atoms with E-state index in [0.717, 1.165) is 40.6 Å². The summed E-state index contributed by atoms with van der Waals surface area (Å²) in [6.45, 7) is 2.06. The smallest absolute Gasteiger partial charge is 0.337 e. The molecule has 6 heteroatoms. The second-order valence-electron chi connectivity index (χ2n) is 6.14. The van der Waals surface area contributed by atoms with E-state index in [4.69, 9.17) is 21.7 Å². The number of ether oxygens (including phenoxy) is 2. The minimum atomic E-state index is -0.351. The van der Waals surface area contributed by atoms with Gasteiger partial charge in [0.2, 0.25) is 0 Å². The molecule has 0 spiro atoms. The summed E-state index contributed by atoms with van der Waals surface area (Å²) in [6, 6.07) is 11.7. The van der Waals surface area contributed by atoms with Crippen LogP contribution in [0.15, 0.2) is 47.7 Å². The zero-order valence-corrected chi connectivity index (χ0v) is 15.9. The average Bonchev–Trinajstić information content (AvgIpc) is 2.66. The topological polar surface area (TPSA) is 59.6 Å². The Hall–Kier alpha value is -2.60. The van der Waals surface area contributed by atoms with Crippen LogP contribution in [0.2, 0.25) is 0 Å². The zero-order chi connectivity index (χ0) is 18.7. The maximum absolute atomic E-state index is 12.5. The van der Waals surface area contributed by atoms with Crippen molar-refractivity contribution in [2.45, 2.75) is 25.8 Å². The van der Waals surface area contributed by atoms with Crippen LogP contribution in [0.1, 0.15) is 31.4 Å². The highest BCUT2D eigenvalue weighted by molar-refractivity contribution is 7.80. The molecule has 136 valence electrons. The number of fused-ring (bicyclic) bond motifs is 1. The van der Waals surface area contributed by atoms with Crippen LogP contribution in [0.25, 0.3) is 10.8 Å². The van der Waals surface area contributed by atoms with Crippen molar-refractivity contribution >= 4 is 34.1 Å². The Balaban J connectivity index is 2.09. The summed E-state index contributed by atoms with van der Waals surface area (Å²) < 4.78 is 10.3. The average molecular weight is 370 g/mol. The molecule has 5 nitrogen and oxygen atoms in total. The third kappa shape index (κ3) is 3.51. The Morgan fingerprint density at radius 1 is 1.15 bits per heavy atom. The number of rotatable bonds is 5. The van der Waals surface area contributed by atoms with E-state index in [1.165, 1.54) is 7.11 Å². The number of thiocarbonyl (C=S) groups is 1. The Morgan fingerprint density at radius 2 is 1.88 bits per heavy atom. The summed E-state index contributed by atoms with van der Waals surface area (Å²) in [5.41, 5.74) is 2.36. The lowest BCUT2D eigenvalue weighted by atomic mass is 9.92. The van der Waals surface area contributed by atoms with E-state index in [1.807, 2.05) is 30.3 Å². The zero-order valence-electron chi connectivity index (χ0n) is 15.1. The SMILES string of the molecule is CCCC1=C(C(=O)OC)[C@@H](c2ccc3cc(OC)ccc3c2)NC(=S)N1. The largest absolute Gasteiger partial charge is 0.497 e. The van der Waals surface area contributed by atoms with Gasteiger partial charge in [-0.2, -0.15) is 0 Å². The summed E-state index contributed by atoms with van der Waals surface area (Å²) in [6.07, 6.45) is 1.63. The first-order valence-electron chi connectivity index (χ1n) is 8.54. The summed E-state index contributed by atoms with van der Waals surface area (Å²) in [7, 11) is 3.05. The van der Waals surface area contributed by atoms with Crippen molar-refractivity contribution in [1.82, 2.24) is 10.6 Å². The van der Waals surface area contributed by atoms with Crippen molar-refractivity contribution in [3.05, 3.63) is 53.2 Å². The number of hydrogen-bond acceptors (Lipinski definition) is 4. The number of hydrogen-bond donors (Lipinski definition) is 2. The summed E-state index contributed by atoms with van der Waals surface area (Å²) in [4.78, 5) is 12.5. The maximum Gasteiger partial charge on any atom is 0.337 e. The second kappa shape index (κ2) is 7.74. The first-order chi connectivity index (χ1) is 12.6. The van der Waals surface area contributed by atoms with Gasteiger partial charge in [0.05, 0.1) is 25.8 Å². The van der Waals surface area contributed by atoms with Gasteiger partial charge < -0.3 is 20.1 Å². The third-order valence-corrected chi connectivity index (χ3v) is 4.68. The molecule has 0 bridgehead atoms. The summed E-state index contributed by atoms with van der Waals surface area (Å²) in [5, 5.41) is 8.98. The highest BCUT2D eigenvalue weighted by Gasteiger charge is 2.31. The van der Waals surface area contributed by atoms with E-state index in [-0.39, 0.29) is 12.0 Å². The molecule has 1 aliphatic rings. The molecule has 0 aliphatic carbocycles. The molecule has 0 amide bonds. The van der Waals surface area contributed by atoms with Gasteiger partial charge in [0.15, 0.2) is 5.11 Å². The lowest BCUT2D eigenvalue weighted by Crippen LogP contribution is -2.45. The van der Waals surface area contributed by atoms with E-state index < -0.39 is 0 Å². The molecule has 0 radical (unpaired) electrons. The minimum absolute atomic E-state index is 0.343. The fraction of sp³-hybridized carbons (Fsp3) is 0.300. The molecule has 0 fully saturated rings. The van der Waals surface area contributed by atoms with Gasteiger partial charge >= 0.3 is 5.97 Å². The minimum Gasteiger partial charge on any atom is -0.497 e. The molecule has 2 aromatic rings. The van der Waals surface area contributed by atoms with Crippen LogP contribution in [0, 0.1) is 0 Å². The van der Waals surface area contributed by atoms with Crippen LogP contribution in [0.3, 0.4) is 0 Å². The first-order valence-corrected chi connectivity index (χ1v) is 8.94. The van der Waals surface area contributed by atoms with Crippen LogP contribution in [0.4, 0.5) is 0 Å². The van der Waals surface area contributed by atoms with Gasteiger partial charge in [-0.05, 0) is 53.2 Å². The molecule has 0 aromatic heterocycles. The lowest BCUT2D eigenvalue weighted by molar-refractivity contribution is -0.136. The van der Waals surface area contributed by atoms with Crippen LogP contribution in [-0.2, 0) is 9.53 Å². The van der Waals surface area contributed by atoms with Crippen LogP contribution < -0.4 is 15.4 Å². The van der Waals surface area contributed by atoms with E-state index >= 15 is 0 Å². The normalized spacial score (nSPS) is 16.9. The quantitative estimate of drug-likeness (QED) is 0.620. The Labute approximate surface area is 158 Å². The van der Waals surface area contributed by atoms with E-state index in [9.17, 15) is 4.79 Å². The van der Waals surface area contributed by atoms with Gasteiger partial charge in [-0.3, -0.25) is 0 Å². The molecule has 0 saturated carbocycles. The molecule has 1 aliphatic heterocycles. The Kier molecular flexibility index (Phi) is 5.42. The highest BCUT2D eigenvalue weighted by Crippen LogP contribution is 2.32. The standard InChI is InChI=1S/C20H22N2O3S/c1-4-5-16-17(19(23)25-3)18(22-20(26)21-16)14-7-6-13-11-15(24-2)9-8-12(13)10-14/h6-11,18H,4-5H2,1-3H3,(H2,21,22,26)/t18-/m1/s1. The van der Waals surface area contributed by atoms with Crippen molar-refractivity contribution in [2.24, 2.45) is 0 Å².